The Morgan fingerprint density at radius 3 is 2.81 bits per heavy atom. The molecule has 5 nitrogen and oxygen atoms in total. The summed E-state index contributed by atoms with van der Waals surface area (Å²) in [5.74, 6) is 0.131. The second-order valence-electron chi connectivity index (χ2n) is 6.99. The molecule has 0 bridgehead atoms. The number of pyridine rings is 2. The maximum Gasteiger partial charge on any atom is 0.222 e. The number of hydrogen-bond acceptors (Lipinski definition) is 3. The number of hydrogen-bond donors (Lipinski definition) is 1. The Balaban J connectivity index is 1.54. The summed E-state index contributed by atoms with van der Waals surface area (Å²) in [4.78, 5) is 21.2. The molecule has 5 heteroatoms. The fraction of sp³-hybridized carbons (Fsp3) is 0.381. The minimum absolute atomic E-state index is 0.131. The third-order valence-corrected chi connectivity index (χ3v) is 5.15. The fourth-order valence-electron chi connectivity index (χ4n) is 3.83. The highest BCUT2D eigenvalue weighted by Crippen LogP contribution is 2.27. The molecule has 4 rings (SSSR count). The van der Waals surface area contributed by atoms with Crippen molar-refractivity contribution >= 4 is 16.9 Å². The van der Waals surface area contributed by atoms with Crippen molar-refractivity contribution in [2.75, 3.05) is 0 Å². The van der Waals surface area contributed by atoms with Gasteiger partial charge in [-0.05, 0) is 43.2 Å². The molecule has 26 heavy (non-hydrogen) atoms. The monoisotopic (exact) mass is 348 g/mol. The van der Waals surface area contributed by atoms with Crippen molar-refractivity contribution in [2.45, 2.75) is 51.1 Å². The summed E-state index contributed by atoms with van der Waals surface area (Å²) in [6, 6.07) is 10.4. The Hall–Kier alpha value is -2.69. The molecule has 1 aliphatic rings. The van der Waals surface area contributed by atoms with Crippen molar-refractivity contribution in [3.8, 4) is 11.3 Å². The predicted octanol–water partition coefficient (Wildman–Crippen LogP) is 3.94. The van der Waals surface area contributed by atoms with Crippen molar-refractivity contribution in [3.63, 3.8) is 0 Å². The number of nitrogens with zero attached hydrogens (tertiary/aromatic N) is 3. The topological polar surface area (TPSA) is 59.8 Å². The smallest absolute Gasteiger partial charge is 0.222 e. The van der Waals surface area contributed by atoms with Crippen LogP contribution in [0.2, 0.25) is 0 Å². The summed E-state index contributed by atoms with van der Waals surface area (Å²) in [7, 11) is 0. The number of rotatable bonds is 5. The van der Waals surface area contributed by atoms with E-state index in [4.69, 9.17) is 0 Å². The first-order valence-electron chi connectivity index (χ1n) is 9.45. The fourth-order valence-corrected chi connectivity index (χ4v) is 3.83. The summed E-state index contributed by atoms with van der Waals surface area (Å²) in [6.07, 6.45) is 11.9. The Morgan fingerprint density at radius 1 is 1.15 bits per heavy atom. The Labute approximate surface area is 153 Å². The number of amides is 1. The summed E-state index contributed by atoms with van der Waals surface area (Å²) in [5, 5.41) is 4.29. The quantitative estimate of drug-likeness (QED) is 0.760. The van der Waals surface area contributed by atoms with E-state index in [1.807, 2.05) is 24.4 Å². The van der Waals surface area contributed by atoms with Gasteiger partial charge in [0.2, 0.25) is 5.91 Å². The molecule has 0 radical (unpaired) electrons. The van der Waals surface area contributed by atoms with Crippen LogP contribution in [-0.2, 0) is 11.3 Å². The molecule has 3 aromatic rings. The number of nitrogens with one attached hydrogen (secondary N) is 1. The van der Waals surface area contributed by atoms with E-state index in [-0.39, 0.29) is 5.91 Å². The molecule has 134 valence electrons. The van der Waals surface area contributed by atoms with E-state index in [9.17, 15) is 4.79 Å². The molecular formula is C21H24N4O. The lowest BCUT2D eigenvalue weighted by molar-refractivity contribution is -0.122. The summed E-state index contributed by atoms with van der Waals surface area (Å²) < 4.78 is 2.13. The van der Waals surface area contributed by atoms with Gasteiger partial charge in [0.15, 0.2) is 0 Å². The summed E-state index contributed by atoms with van der Waals surface area (Å²) >= 11 is 0. The largest absolute Gasteiger partial charge is 0.353 e. The molecule has 1 amide bonds. The van der Waals surface area contributed by atoms with E-state index in [1.165, 1.54) is 19.3 Å². The molecule has 0 aromatic carbocycles. The average molecular weight is 348 g/mol. The molecule has 3 aromatic heterocycles. The SMILES string of the molecule is O=C(CCn1c(-c2cccnc2)cc2cccnc21)NC1CCCCC1. The third kappa shape index (κ3) is 3.62. The second kappa shape index (κ2) is 7.68. The number of carbonyl (C=O) groups excluding carboxylic acids is 1. The lowest BCUT2D eigenvalue weighted by Crippen LogP contribution is -2.36. The first-order chi connectivity index (χ1) is 12.8. The van der Waals surface area contributed by atoms with Gasteiger partial charge < -0.3 is 9.88 Å². The minimum atomic E-state index is 0.131. The summed E-state index contributed by atoms with van der Waals surface area (Å²) in [5.41, 5.74) is 3.01. The van der Waals surface area contributed by atoms with E-state index < -0.39 is 0 Å². The van der Waals surface area contributed by atoms with Gasteiger partial charge >= 0.3 is 0 Å². The van der Waals surface area contributed by atoms with Crippen molar-refractivity contribution in [1.29, 1.82) is 0 Å². The number of aromatic nitrogens is 3. The molecular weight excluding hydrogens is 324 g/mol. The molecule has 1 saturated carbocycles. The van der Waals surface area contributed by atoms with Gasteiger partial charge in [0, 0.05) is 48.5 Å². The van der Waals surface area contributed by atoms with Gasteiger partial charge in [0.25, 0.3) is 0 Å². The second-order valence-corrected chi connectivity index (χ2v) is 6.99. The van der Waals surface area contributed by atoms with E-state index in [0.29, 0.717) is 19.0 Å². The highest BCUT2D eigenvalue weighted by atomic mass is 16.1. The molecule has 0 aliphatic heterocycles. The predicted molar refractivity (Wildman–Crippen MR) is 103 cm³/mol. The number of fused-ring (bicyclic) bond motifs is 1. The van der Waals surface area contributed by atoms with Crippen LogP contribution in [-0.4, -0.2) is 26.5 Å². The van der Waals surface area contributed by atoms with Crippen molar-refractivity contribution in [2.24, 2.45) is 0 Å². The zero-order chi connectivity index (χ0) is 17.8. The number of aryl methyl sites for hydroxylation is 1. The van der Waals surface area contributed by atoms with Gasteiger partial charge in [0.1, 0.15) is 5.65 Å². The zero-order valence-electron chi connectivity index (χ0n) is 14.9. The average Bonchev–Trinajstić information content (AvgIpc) is 3.06. The lowest BCUT2D eigenvalue weighted by Gasteiger charge is -2.22. The van der Waals surface area contributed by atoms with Gasteiger partial charge in [-0.1, -0.05) is 19.3 Å². The first-order valence-corrected chi connectivity index (χ1v) is 9.45. The highest BCUT2D eigenvalue weighted by molar-refractivity contribution is 5.84. The van der Waals surface area contributed by atoms with E-state index in [0.717, 1.165) is 35.1 Å². The first kappa shape index (κ1) is 16.8. The van der Waals surface area contributed by atoms with Crippen LogP contribution in [0, 0.1) is 0 Å². The molecule has 0 spiro atoms. The van der Waals surface area contributed by atoms with Gasteiger partial charge in [-0.3, -0.25) is 9.78 Å². The van der Waals surface area contributed by atoms with Gasteiger partial charge in [0.05, 0.1) is 5.69 Å². The molecule has 1 N–H and O–H groups in total. The molecule has 1 aliphatic carbocycles. The normalized spacial score (nSPS) is 15.2. The van der Waals surface area contributed by atoms with Crippen molar-refractivity contribution in [3.05, 3.63) is 48.9 Å². The molecule has 0 saturated heterocycles. The Kier molecular flexibility index (Phi) is 4.95. The van der Waals surface area contributed by atoms with E-state index in [1.54, 1.807) is 12.4 Å². The molecule has 0 unspecified atom stereocenters. The van der Waals surface area contributed by atoms with Crippen LogP contribution in [0.3, 0.4) is 0 Å². The van der Waals surface area contributed by atoms with Crippen LogP contribution in [0.4, 0.5) is 0 Å². The van der Waals surface area contributed by atoms with Crippen molar-refractivity contribution < 1.29 is 4.79 Å². The Bertz CT molecular complexity index is 881. The van der Waals surface area contributed by atoms with Crippen molar-refractivity contribution in [1.82, 2.24) is 19.9 Å². The molecule has 1 fully saturated rings. The van der Waals surface area contributed by atoms with Gasteiger partial charge in [-0.25, -0.2) is 4.98 Å². The third-order valence-electron chi connectivity index (χ3n) is 5.15. The van der Waals surface area contributed by atoms with Crippen LogP contribution in [0.1, 0.15) is 38.5 Å². The van der Waals surface area contributed by atoms with Gasteiger partial charge in [-0.15, -0.1) is 0 Å². The maximum absolute atomic E-state index is 12.4. The number of carbonyl (C=O) groups is 1. The summed E-state index contributed by atoms with van der Waals surface area (Å²) in [6.45, 7) is 0.614. The standard InChI is InChI=1S/C21H24N4O/c26-20(24-18-8-2-1-3-9-18)10-13-25-19(17-7-4-11-22-15-17)14-16-6-5-12-23-21(16)25/h4-7,11-12,14-15,18H,1-3,8-10,13H2,(H,24,26). The highest BCUT2D eigenvalue weighted by Gasteiger charge is 2.17. The van der Waals surface area contributed by atoms with Crippen LogP contribution in [0.25, 0.3) is 22.3 Å². The van der Waals surface area contributed by atoms with E-state index in [2.05, 4.69) is 32.0 Å². The molecule has 3 heterocycles. The lowest BCUT2D eigenvalue weighted by atomic mass is 9.95. The molecule has 0 atom stereocenters. The Morgan fingerprint density at radius 2 is 2.00 bits per heavy atom. The zero-order valence-corrected chi connectivity index (χ0v) is 14.9. The van der Waals surface area contributed by atoms with Crippen LogP contribution < -0.4 is 5.32 Å². The minimum Gasteiger partial charge on any atom is -0.353 e. The van der Waals surface area contributed by atoms with Crippen LogP contribution >= 0.6 is 0 Å². The van der Waals surface area contributed by atoms with Crippen LogP contribution in [0.5, 0.6) is 0 Å². The maximum atomic E-state index is 12.4. The van der Waals surface area contributed by atoms with Crippen LogP contribution in [0.15, 0.2) is 48.9 Å². The van der Waals surface area contributed by atoms with Gasteiger partial charge in [-0.2, -0.15) is 0 Å². The van der Waals surface area contributed by atoms with E-state index >= 15 is 0 Å².